The molecule has 2 aliphatic heterocycles. The van der Waals surface area contributed by atoms with Crippen LogP contribution in [0.2, 0.25) is 0 Å². The lowest BCUT2D eigenvalue weighted by Crippen LogP contribution is -2.42. The van der Waals surface area contributed by atoms with Crippen LogP contribution in [0.4, 0.5) is 0 Å². The summed E-state index contributed by atoms with van der Waals surface area (Å²) in [6.07, 6.45) is 2.03. The fraction of sp³-hybridized carbons (Fsp3) is 0.360. The Morgan fingerprint density at radius 3 is 2.50 bits per heavy atom. The van der Waals surface area contributed by atoms with Crippen molar-refractivity contribution in [2.45, 2.75) is 17.9 Å². The van der Waals surface area contributed by atoms with Crippen molar-refractivity contribution in [3.8, 4) is 0 Å². The predicted molar refractivity (Wildman–Crippen MR) is 126 cm³/mol. The number of thioether (sulfide) groups is 1. The number of benzene rings is 2. The minimum atomic E-state index is -0.449. The van der Waals surface area contributed by atoms with Crippen LogP contribution in [0, 0.1) is 6.92 Å². The van der Waals surface area contributed by atoms with Gasteiger partial charge in [-0.15, -0.1) is 11.8 Å². The number of nitrogens with zero attached hydrogens (tertiary/aromatic N) is 2. The first-order valence-corrected chi connectivity index (χ1v) is 12.1. The van der Waals surface area contributed by atoms with Crippen LogP contribution in [-0.2, 0) is 4.74 Å². The summed E-state index contributed by atoms with van der Waals surface area (Å²) >= 11 is 1.66. The highest BCUT2D eigenvalue weighted by atomic mass is 32.2. The summed E-state index contributed by atoms with van der Waals surface area (Å²) in [5, 5.41) is 0.525. The van der Waals surface area contributed by atoms with E-state index < -0.39 is 6.04 Å². The average molecular weight is 451 g/mol. The summed E-state index contributed by atoms with van der Waals surface area (Å²) in [6, 6.07) is 13.2. The lowest BCUT2D eigenvalue weighted by atomic mass is 9.98. The van der Waals surface area contributed by atoms with Gasteiger partial charge in [-0.25, -0.2) is 0 Å². The fourth-order valence-electron chi connectivity index (χ4n) is 4.57. The van der Waals surface area contributed by atoms with E-state index in [2.05, 4.69) is 4.90 Å². The van der Waals surface area contributed by atoms with Crippen molar-refractivity contribution in [1.29, 1.82) is 0 Å². The van der Waals surface area contributed by atoms with E-state index >= 15 is 0 Å². The molecule has 1 fully saturated rings. The summed E-state index contributed by atoms with van der Waals surface area (Å²) in [5.74, 6) is -0.0425. The maximum Gasteiger partial charge on any atom is 0.290 e. The quantitative estimate of drug-likeness (QED) is 0.553. The summed E-state index contributed by atoms with van der Waals surface area (Å²) in [7, 11) is 0. The molecule has 2 aromatic carbocycles. The Morgan fingerprint density at radius 2 is 1.78 bits per heavy atom. The number of hydrogen-bond donors (Lipinski definition) is 0. The predicted octanol–water partition coefficient (Wildman–Crippen LogP) is 3.70. The van der Waals surface area contributed by atoms with Crippen molar-refractivity contribution >= 4 is 28.6 Å². The smallest absolute Gasteiger partial charge is 0.290 e. The van der Waals surface area contributed by atoms with Gasteiger partial charge in [0.2, 0.25) is 5.76 Å². The van der Waals surface area contributed by atoms with E-state index in [1.807, 2.05) is 49.6 Å². The Kier molecular flexibility index (Phi) is 5.80. The number of rotatable bonds is 5. The molecule has 1 atom stereocenters. The highest BCUT2D eigenvalue weighted by Crippen LogP contribution is 2.38. The van der Waals surface area contributed by atoms with Gasteiger partial charge in [0.05, 0.1) is 30.2 Å². The second-order valence-corrected chi connectivity index (χ2v) is 9.18. The molecule has 0 aliphatic carbocycles. The minimum Gasteiger partial charge on any atom is -0.450 e. The number of carbonyl (C=O) groups is 1. The topological polar surface area (TPSA) is 63.0 Å². The highest BCUT2D eigenvalue weighted by Gasteiger charge is 2.42. The van der Waals surface area contributed by atoms with Crippen molar-refractivity contribution in [2.75, 3.05) is 45.6 Å². The number of fused-ring (bicyclic) bond motifs is 2. The van der Waals surface area contributed by atoms with Crippen LogP contribution in [0.5, 0.6) is 0 Å². The molecule has 1 saturated heterocycles. The zero-order chi connectivity index (χ0) is 22.2. The third kappa shape index (κ3) is 3.74. The van der Waals surface area contributed by atoms with Crippen LogP contribution in [0.3, 0.4) is 0 Å². The van der Waals surface area contributed by atoms with Gasteiger partial charge in [-0.05, 0) is 43.0 Å². The summed E-state index contributed by atoms with van der Waals surface area (Å²) in [4.78, 5) is 32.3. The van der Waals surface area contributed by atoms with Gasteiger partial charge in [0, 0.05) is 31.1 Å². The molecule has 3 heterocycles. The van der Waals surface area contributed by atoms with E-state index in [1.165, 1.54) is 0 Å². The van der Waals surface area contributed by atoms with Crippen molar-refractivity contribution in [2.24, 2.45) is 0 Å². The number of morpholine rings is 1. The van der Waals surface area contributed by atoms with Gasteiger partial charge >= 0.3 is 0 Å². The lowest BCUT2D eigenvalue weighted by Gasteiger charge is -2.31. The van der Waals surface area contributed by atoms with Crippen LogP contribution in [0.15, 0.2) is 56.6 Å². The average Bonchev–Trinajstić information content (AvgIpc) is 3.10. The Labute approximate surface area is 191 Å². The van der Waals surface area contributed by atoms with Gasteiger partial charge in [-0.2, -0.15) is 0 Å². The van der Waals surface area contributed by atoms with Crippen LogP contribution >= 0.6 is 11.8 Å². The zero-order valence-corrected chi connectivity index (χ0v) is 19.1. The molecule has 5 rings (SSSR count). The van der Waals surface area contributed by atoms with Crippen LogP contribution in [0.25, 0.3) is 11.0 Å². The molecule has 0 radical (unpaired) electrons. The number of amides is 1. The number of ether oxygens (including phenoxy) is 1. The second-order valence-electron chi connectivity index (χ2n) is 8.30. The SMILES string of the molecule is CSc1ccc(C2c3c(oc4ccc(C)cc4c3=O)C(=O)N2CCN2CCOCC2)cc1. The van der Waals surface area contributed by atoms with E-state index in [9.17, 15) is 9.59 Å². The van der Waals surface area contributed by atoms with Gasteiger partial charge in [0.15, 0.2) is 5.43 Å². The van der Waals surface area contributed by atoms with Gasteiger partial charge in [0.25, 0.3) is 5.91 Å². The molecule has 1 amide bonds. The van der Waals surface area contributed by atoms with E-state index in [-0.39, 0.29) is 17.1 Å². The molecule has 1 aromatic heterocycles. The minimum absolute atomic E-state index is 0.119. The zero-order valence-electron chi connectivity index (χ0n) is 18.3. The summed E-state index contributed by atoms with van der Waals surface area (Å²) < 4.78 is 11.5. The van der Waals surface area contributed by atoms with Crippen molar-refractivity contribution in [1.82, 2.24) is 9.80 Å². The molecule has 0 saturated carbocycles. The number of aryl methyl sites for hydroxylation is 1. The molecular weight excluding hydrogens is 424 g/mol. The molecule has 3 aromatic rings. The molecule has 0 bridgehead atoms. The van der Waals surface area contributed by atoms with E-state index in [0.29, 0.717) is 36.3 Å². The molecule has 166 valence electrons. The third-order valence-corrected chi connectivity index (χ3v) is 7.06. The van der Waals surface area contributed by atoms with Crippen molar-refractivity contribution in [3.05, 3.63) is 75.1 Å². The fourth-order valence-corrected chi connectivity index (χ4v) is 4.98. The standard InChI is InChI=1S/C25H26N2O4S/c1-16-3-8-20-19(15-16)23(28)21-22(17-4-6-18(32-2)7-5-17)27(25(29)24(21)31-20)10-9-26-11-13-30-14-12-26/h3-8,15,22H,9-14H2,1-2H3. The van der Waals surface area contributed by atoms with Gasteiger partial charge < -0.3 is 14.1 Å². The number of hydrogen-bond acceptors (Lipinski definition) is 6. The second kappa shape index (κ2) is 8.73. The third-order valence-electron chi connectivity index (χ3n) is 6.31. The maximum absolute atomic E-state index is 13.6. The number of carbonyl (C=O) groups excluding carboxylic acids is 1. The Bertz CT molecular complexity index is 1220. The lowest BCUT2D eigenvalue weighted by molar-refractivity contribution is 0.0314. The van der Waals surface area contributed by atoms with Gasteiger partial charge in [0.1, 0.15) is 5.58 Å². The molecule has 32 heavy (non-hydrogen) atoms. The highest BCUT2D eigenvalue weighted by molar-refractivity contribution is 7.98. The normalized spacial score (nSPS) is 19.0. The van der Waals surface area contributed by atoms with E-state index in [4.69, 9.17) is 9.15 Å². The van der Waals surface area contributed by atoms with Crippen molar-refractivity contribution in [3.63, 3.8) is 0 Å². The Hall–Kier alpha value is -2.61. The Morgan fingerprint density at radius 1 is 1.03 bits per heavy atom. The first-order valence-electron chi connectivity index (χ1n) is 10.9. The molecular formula is C25H26N2O4S. The van der Waals surface area contributed by atoms with Crippen LogP contribution in [0.1, 0.15) is 33.3 Å². The summed E-state index contributed by atoms with van der Waals surface area (Å²) in [5.41, 5.74) is 2.70. The molecule has 1 unspecified atom stereocenters. The van der Waals surface area contributed by atoms with Crippen LogP contribution < -0.4 is 5.43 Å². The molecule has 6 nitrogen and oxygen atoms in total. The van der Waals surface area contributed by atoms with Crippen molar-refractivity contribution < 1.29 is 13.9 Å². The van der Waals surface area contributed by atoms with Gasteiger partial charge in [-0.1, -0.05) is 23.8 Å². The molecule has 2 aliphatic rings. The Balaban J connectivity index is 1.60. The van der Waals surface area contributed by atoms with Gasteiger partial charge in [-0.3, -0.25) is 14.5 Å². The van der Waals surface area contributed by atoms with E-state index in [1.54, 1.807) is 22.7 Å². The summed E-state index contributed by atoms with van der Waals surface area (Å²) in [6.45, 7) is 6.31. The molecule has 7 heteroatoms. The molecule has 0 N–H and O–H groups in total. The van der Waals surface area contributed by atoms with E-state index in [0.717, 1.165) is 35.7 Å². The first kappa shape index (κ1) is 21.2. The van der Waals surface area contributed by atoms with Crippen LogP contribution in [-0.4, -0.2) is 61.4 Å². The maximum atomic E-state index is 13.6. The monoisotopic (exact) mass is 450 g/mol. The molecule has 0 spiro atoms. The first-order chi connectivity index (χ1) is 15.6. The largest absolute Gasteiger partial charge is 0.450 e.